The molecule has 2 rings (SSSR count). The van der Waals surface area contributed by atoms with Gasteiger partial charge in [-0.2, -0.15) is 0 Å². The molecular formula is C14H26BrNO2. The predicted molar refractivity (Wildman–Crippen MR) is 77.2 cm³/mol. The van der Waals surface area contributed by atoms with Crippen molar-refractivity contribution in [1.29, 1.82) is 0 Å². The molecule has 0 bridgehead atoms. The van der Waals surface area contributed by atoms with Gasteiger partial charge in [0.05, 0.1) is 6.61 Å². The lowest BCUT2D eigenvalue weighted by Crippen LogP contribution is -2.47. The summed E-state index contributed by atoms with van der Waals surface area (Å²) in [6, 6.07) is 0.381. The molecule has 1 atom stereocenters. The lowest BCUT2D eigenvalue weighted by molar-refractivity contribution is -0.00470. The summed E-state index contributed by atoms with van der Waals surface area (Å²) < 4.78 is 5.50. The van der Waals surface area contributed by atoms with E-state index in [0.717, 1.165) is 50.9 Å². The van der Waals surface area contributed by atoms with Crippen molar-refractivity contribution >= 4 is 15.9 Å². The van der Waals surface area contributed by atoms with Crippen molar-refractivity contribution in [3.63, 3.8) is 0 Å². The smallest absolute Gasteiger partial charge is 0.0586 e. The zero-order valence-corrected chi connectivity index (χ0v) is 12.8. The number of nitrogens with zero attached hydrogens (tertiary/aromatic N) is 1. The molecule has 1 N–H and O–H groups in total. The zero-order valence-electron chi connectivity index (χ0n) is 11.2. The Morgan fingerprint density at radius 2 is 2.00 bits per heavy atom. The van der Waals surface area contributed by atoms with Gasteiger partial charge in [0.15, 0.2) is 0 Å². The number of hydrogen-bond donors (Lipinski definition) is 1. The number of aliphatic hydroxyl groups is 1. The highest BCUT2D eigenvalue weighted by Crippen LogP contribution is 2.35. The molecule has 18 heavy (non-hydrogen) atoms. The normalized spacial score (nSPS) is 30.0. The van der Waals surface area contributed by atoms with E-state index in [-0.39, 0.29) is 0 Å². The number of aliphatic hydroxyl groups excluding tert-OH is 1. The van der Waals surface area contributed by atoms with Crippen LogP contribution in [0.4, 0.5) is 0 Å². The molecule has 2 aliphatic heterocycles. The molecule has 2 aliphatic rings. The molecule has 3 nitrogen and oxygen atoms in total. The van der Waals surface area contributed by atoms with E-state index in [1.54, 1.807) is 0 Å². The summed E-state index contributed by atoms with van der Waals surface area (Å²) in [7, 11) is 0. The molecule has 2 fully saturated rings. The van der Waals surface area contributed by atoms with Crippen LogP contribution < -0.4 is 0 Å². The summed E-state index contributed by atoms with van der Waals surface area (Å²) in [5.41, 5.74) is 0.357. The van der Waals surface area contributed by atoms with E-state index < -0.39 is 0 Å². The van der Waals surface area contributed by atoms with Gasteiger partial charge in [-0.3, -0.25) is 4.90 Å². The fraction of sp³-hybridized carbons (Fsp3) is 1.00. The zero-order chi connectivity index (χ0) is 12.8. The number of ether oxygens (including phenoxy) is 1. The third-order valence-electron chi connectivity index (χ3n) is 4.59. The first-order valence-electron chi connectivity index (χ1n) is 7.28. The fourth-order valence-corrected chi connectivity index (χ4v) is 3.96. The van der Waals surface area contributed by atoms with E-state index in [1.165, 1.54) is 19.3 Å². The topological polar surface area (TPSA) is 32.7 Å². The molecule has 0 spiro atoms. The van der Waals surface area contributed by atoms with Gasteiger partial charge in [0.25, 0.3) is 0 Å². The van der Waals surface area contributed by atoms with Crippen LogP contribution >= 0.6 is 15.9 Å². The van der Waals surface area contributed by atoms with Gasteiger partial charge < -0.3 is 9.84 Å². The molecule has 0 saturated carbocycles. The largest absolute Gasteiger partial charge is 0.395 e. The van der Waals surface area contributed by atoms with Gasteiger partial charge in [0, 0.05) is 31.1 Å². The quantitative estimate of drug-likeness (QED) is 0.808. The molecular weight excluding hydrogens is 294 g/mol. The summed E-state index contributed by atoms with van der Waals surface area (Å²) in [6.45, 7) is 4.37. The third-order valence-corrected chi connectivity index (χ3v) is 5.77. The van der Waals surface area contributed by atoms with Crippen molar-refractivity contribution in [2.75, 3.05) is 38.2 Å². The lowest BCUT2D eigenvalue weighted by atomic mass is 9.81. The molecule has 0 radical (unpaired) electrons. The van der Waals surface area contributed by atoms with Crippen LogP contribution in [0.25, 0.3) is 0 Å². The Kier molecular flexibility index (Phi) is 5.93. The van der Waals surface area contributed by atoms with E-state index in [4.69, 9.17) is 4.74 Å². The van der Waals surface area contributed by atoms with Crippen LogP contribution in [0.1, 0.15) is 38.5 Å². The second-order valence-electron chi connectivity index (χ2n) is 5.90. The summed E-state index contributed by atoms with van der Waals surface area (Å²) in [4.78, 5) is 2.54. The van der Waals surface area contributed by atoms with Gasteiger partial charge in [-0.25, -0.2) is 0 Å². The average Bonchev–Trinajstić information content (AvgIpc) is 2.65. The number of halogens is 1. The predicted octanol–water partition coefficient (Wildman–Crippen LogP) is 2.42. The Morgan fingerprint density at radius 3 is 2.67 bits per heavy atom. The molecule has 0 aromatic carbocycles. The highest BCUT2D eigenvalue weighted by atomic mass is 79.9. The van der Waals surface area contributed by atoms with Crippen molar-refractivity contribution in [1.82, 2.24) is 4.90 Å². The molecule has 2 saturated heterocycles. The van der Waals surface area contributed by atoms with Gasteiger partial charge in [0.1, 0.15) is 0 Å². The Labute approximate surface area is 119 Å². The third kappa shape index (κ3) is 3.69. The molecule has 2 heterocycles. The lowest BCUT2D eigenvalue weighted by Gasteiger charge is -2.42. The second kappa shape index (κ2) is 7.22. The number of rotatable bonds is 4. The van der Waals surface area contributed by atoms with E-state index in [1.807, 2.05) is 0 Å². The van der Waals surface area contributed by atoms with Crippen LogP contribution in [-0.4, -0.2) is 54.3 Å². The number of alkyl halides is 1. The Morgan fingerprint density at radius 1 is 1.22 bits per heavy atom. The van der Waals surface area contributed by atoms with Gasteiger partial charge >= 0.3 is 0 Å². The Hall–Kier alpha value is 0.360. The van der Waals surface area contributed by atoms with Gasteiger partial charge in [-0.1, -0.05) is 28.8 Å². The van der Waals surface area contributed by atoms with Crippen molar-refractivity contribution in [2.45, 2.75) is 44.6 Å². The maximum atomic E-state index is 9.59. The highest BCUT2D eigenvalue weighted by Gasteiger charge is 2.35. The molecule has 1 unspecified atom stereocenters. The minimum Gasteiger partial charge on any atom is -0.395 e. The second-order valence-corrected chi connectivity index (χ2v) is 6.46. The molecule has 0 aliphatic carbocycles. The van der Waals surface area contributed by atoms with E-state index in [0.29, 0.717) is 18.1 Å². The SMILES string of the molecule is OCC1CCCCCN1CC1(CBr)CCOCC1. The van der Waals surface area contributed by atoms with Crippen LogP contribution in [0, 0.1) is 5.41 Å². The van der Waals surface area contributed by atoms with Gasteiger partial charge in [-0.05, 0) is 37.6 Å². The van der Waals surface area contributed by atoms with Crippen molar-refractivity contribution in [2.24, 2.45) is 5.41 Å². The standard InChI is InChI=1S/C14H26BrNO2/c15-11-14(5-8-18-9-6-14)12-16-7-3-1-2-4-13(16)10-17/h13,17H,1-12H2. The monoisotopic (exact) mass is 319 g/mol. The fourth-order valence-electron chi connectivity index (χ4n) is 3.22. The minimum absolute atomic E-state index is 0.314. The Balaban J connectivity index is 1.99. The molecule has 4 heteroatoms. The van der Waals surface area contributed by atoms with Crippen molar-refractivity contribution < 1.29 is 9.84 Å². The minimum atomic E-state index is 0.314. The maximum Gasteiger partial charge on any atom is 0.0586 e. The highest BCUT2D eigenvalue weighted by molar-refractivity contribution is 9.09. The summed E-state index contributed by atoms with van der Waals surface area (Å²) in [6.07, 6.45) is 7.32. The summed E-state index contributed by atoms with van der Waals surface area (Å²) in [5, 5.41) is 10.6. The first kappa shape index (κ1) is 14.8. The van der Waals surface area contributed by atoms with Crippen LogP contribution in [-0.2, 0) is 4.74 Å². The van der Waals surface area contributed by atoms with Crippen molar-refractivity contribution in [3.8, 4) is 0 Å². The Bertz CT molecular complexity index is 244. The van der Waals surface area contributed by atoms with Gasteiger partial charge in [-0.15, -0.1) is 0 Å². The molecule has 0 aromatic heterocycles. The number of likely N-dealkylation sites (tertiary alicyclic amines) is 1. The van der Waals surface area contributed by atoms with Gasteiger partial charge in [0.2, 0.25) is 0 Å². The van der Waals surface area contributed by atoms with Crippen LogP contribution in [0.3, 0.4) is 0 Å². The average molecular weight is 320 g/mol. The molecule has 0 amide bonds. The van der Waals surface area contributed by atoms with Crippen molar-refractivity contribution in [3.05, 3.63) is 0 Å². The van der Waals surface area contributed by atoms with E-state index >= 15 is 0 Å². The number of hydrogen-bond acceptors (Lipinski definition) is 3. The first-order chi connectivity index (χ1) is 8.79. The van der Waals surface area contributed by atoms with Crippen LogP contribution in [0.2, 0.25) is 0 Å². The first-order valence-corrected chi connectivity index (χ1v) is 8.40. The summed E-state index contributed by atoms with van der Waals surface area (Å²) >= 11 is 3.71. The summed E-state index contributed by atoms with van der Waals surface area (Å²) in [5.74, 6) is 0. The molecule has 0 aromatic rings. The molecule has 106 valence electrons. The van der Waals surface area contributed by atoms with E-state index in [2.05, 4.69) is 20.8 Å². The maximum absolute atomic E-state index is 9.59. The van der Waals surface area contributed by atoms with E-state index in [9.17, 15) is 5.11 Å². The van der Waals surface area contributed by atoms with Crippen LogP contribution in [0.15, 0.2) is 0 Å². The van der Waals surface area contributed by atoms with Crippen LogP contribution in [0.5, 0.6) is 0 Å².